The number of nitro benzene ring substituents is 1. The van der Waals surface area contributed by atoms with E-state index in [1.807, 2.05) is 0 Å². The average Bonchev–Trinajstić information content (AvgIpc) is 3.17. The Bertz CT molecular complexity index is 1070. The second-order valence-electron chi connectivity index (χ2n) is 6.67. The molecular weight excluding hydrogens is 414 g/mol. The number of hydrogen-bond donors (Lipinski definition) is 1. The predicted molar refractivity (Wildman–Crippen MR) is 109 cm³/mol. The summed E-state index contributed by atoms with van der Waals surface area (Å²) < 4.78 is 36.4. The highest BCUT2D eigenvalue weighted by molar-refractivity contribution is 7.92. The van der Waals surface area contributed by atoms with E-state index in [4.69, 9.17) is 9.47 Å². The molecular formula is C19H21N3O7S. The van der Waals surface area contributed by atoms with E-state index in [-0.39, 0.29) is 31.1 Å². The summed E-state index contributed by atoms with van der Waals surface area (Å²) in [4.78, 5) is 23.3. The molecule has 0 saturated carbocycles. The molecule has 30 heavy (non-hydrogen) atoms. The van der Waals surface area contributed by atoms with Crippen molar-refractivity contribution in [2.24, 2.45) is 0 Å². The Labute approximate surface area is 173 Å². The first-order chi connectivity index (χ1) is 14.2. The minimum absolute atomic E-state index is 0.0526. The van der Waals surface area contributed by atoms with E-state index < -0.39 is 26.9 Å². The first-order valence-corrected chi connectivity index (χ1v) is 11.0. The van der Waals surface area contributed by atoms with Crippen LogP contribution in [0.3, 0.4) is 0 Å². The van der Waals surface area contributed by atoms with E-state index in [2.05, 4.69) is 5.32 Å². The van der Waals surface area contributed by atoms with Crippen LogP contribution in [0.4, 0.5) is 11.4 Å². The third-order valence-electron chi connectivity index (χ3n) is 4.53. The van der Waals surface area contributed by atoms with Crippen molar-refractivity contribution in [3.8, 4) is 11.5 Å². The van der Waals surface area contributed by atoms with E-state index in [1.165, 1.54) is 18.2 Å². The van der Waals surface area contributed by atoms with E-state index in [0.29, 0.717) is 11.5 Å². The number of non-ortho nitro benzene ring substituents is 1. The molecule has 0 fully saturated rings. The molecule has 0 radical (unpaired) electrons. The number of hydrogen-bond acceptors (Lipinski definition) is 7. The fourth-order valence-electron chi connectivity index (χ4n) is 3.16. The van der Waals surface area contributed by atoms with E-state index >= 15 is 0 Å². The smallest absolute Gasteiger partial charge is 0.271 e. The average molecular weight is 435 g/mol. The molecule has 2 aromatic carbocycles. The van der Waals surface area contributed by atoms with Crippen LogP contribution in [-0.4, -0.2) is 38.3 Å². The first kappa shape index (κ1) is 21.4. The number of nitrogens with one attached hydrogen (secondary N) is 1. The largest absolute Gasteiger partial charge is 0.454 e. The van der Waals surface area contributed by atoms with Crippen molar-refractivity contribution in [2.45, 2.75) is 25.9 Å². The van der Waals surface area contributed by atoms with Gasteiger partial charge in [0.1, 0.15) is 6.04 Å². The number of nitrogens with zero attached hydrogens (tertiary/aromatic N) is 2. The van der Waals surface area contributed by atoms with Gasteiger partial charge in [0.15, 0.2) is 11.5 Å². The summed E-state index contributed by atoms with van der Waals surface area (Å²) >= 11 is 0. The van der Waals surface area contributed by atoms with Crippen molar-refractivity contribution in [3.05, 3.63) is 58.1 Å². The molecule has 1 aliphatic rings. The van der Waals surface area contributed by atoms with Gasteiger partial charge in [-0.25, -0.2) is 8.42 Å². The maximum absolute atomic E-state index is 12.9. The fourth-order valence-corrected chi connectivity index (χ4v) is 4.37. The van der Waals surface area contributed by atoms with Crippen LogP contribution >= 0.6 is 0 Å². The lowest BCUT2D eigenvalue weighted by atomic mass is 10.1. The zero-order valence-electron chi connectivity index (χ0n) is 16.4. The van der Waals surface area contributed by atoms with Crippen LogP contribution in [0.25, 0.3) is 0 Å². The van der Waals surface area contributed by atoms with Crippen LogP contribution in [0.15, 0.2) is 42.5 Å². The molecule has 160 valence electrons. The molecule has 0 saturated heterocycles. The monoisotopic (exact) mass is 435 g/mol. The number of nitro groups is 1. The lowest BCUT2D eigenvalue weighted by molar-refractivity contribution is -0.384. The van der Waals surface area contributed by atoms with Gasteiger partial charge in [0.05, 0.1) is 16.9 Å². The van der Waals surface area contributed by atoms with Gasteiger partial charge in [0, 0.05) is 18.7 Å². The Kier molecular flexibility index (Phi) is 6.11. The maximum atomic E-state index is 12.9. The van der Waals surface area contributed by atoms with Crippen molar-refractivity contribution in [2.75, 3.05) is 17.4 Å². The normalized spacial score (nSPS) is 13.5. The second-order valence-corrected chi connectivity index (χ2v) is 8.52. The van der Waals surface area contributed by atoms with E-state index in [9.17, 15) is 23.3 Å². The first-order valence-electron chi connectivity index (χ1n) is 9.10. The van der Waals surface area contributed by atoms with E-state index in [1.54, 1.807) is 25.1 Å². The molecule has 1 amide bonds. The zero-order chi connectivity index (χ0) is 21.9. The third-order valence-corrected chi connectivity index (χ3v) is 5.71. The van der Waals surface area contributed by atoms with Gasteiger partial charge >= 0.3 is 0 Å². The highest BCUT2D eigenvalue weighted by Gasteiger charge is 2.32. The molecule has 1 unspecified atom stereocenters. The van der Waals surface area contributed by atoms with Crippen molar-refractivity contribution in [1.29, 1.82) is 0 Å². The lowest BCUT2D eigenvalue weighted by Crippen LogP contribution is -2.49. The van der Waals surface area contributed by atoms with Gasteiger partial charge in [-0.15, -0.1) is 0 Å². The van der Waals surface area contributed by atoms with Crippen LogP contribution in [0, 0.1) is 10.1 Å². The molecule has 0 spiro atoms. The van der Waals surface area contributed by atoms with E-state index in [0.717, 1.165) is 22.2 Å². The Morgan fingerprint density at radius 1 is 1.23 bits per heavy atom. The Morgan fingerprint density at radius 3 is 2.63 bits per heavy atom. The predicted octanol–water partition coefficient (Wildman–Crippen LogP) is 2.18. The highest BCUT2D eigenvalue weighted by Crippen LogP contribution is 2.32. The standard InChI is InChI=1S/C19H21N3O7S/c1-3-16(19(23)20-11-13-7-8-17-18(9-13)29-12-28-17)21(30(2,26)27)14-5-4-6-15(10-14)22(24)25/h4-10,16H,3,11-12H2,1-2H3,(H,20,23). The molecule has 11 heteroatoms. The molecule has 2 aromatic rings. The summed E-state index contributed by atoms with van der Waals surface area (Å²) in [6.07, 6.45) is 1.13. The number of anilines is 1. The van der Waals surface area contributed by atoms with Gasteiger partial charge in [-0.1, -0.05) is 19.1 Å². The van der Waals surface area contributed by atoms with Crippen molar-refractivity contribution < 1.29 is 27.6 Å². The molecule has 0 bridgehead atoms. The number of ether oxygens (including phenoxy) is 2. The van der Waals surface area contributed by atoms with Crippen molar-refractivity contribution in [1.82, 2.24) is 5.32 Å². The minimum atomic E-state index is -3.89. The molecule has 1 heterocycles. The van der Waals surface area contributed by atoms with Gasteiger partial charge in [-0.3, -0.25) is 19.2 Å². The van der Waals surface area contributed by atoms with Crippen LogP contribution in [0.2, 0.25) is 0 Å². The number of rotatable bonds is 8. The fraction of sp³-hybridized carbons (Fsp3) is 0.316. The van der Waals surface area contributed by atoms with Gasteiger partial charge in [-0.05, 0) is 30.2 Å². The summed E-state index contributed by atoms with van der Waals surface area (Å²) in [5, 5.41) is 13.8. The summed E-state index contributed by atoms with van der Waals surface area (Å²) in [7, 11) is -3.89. The molecule has 0 aromatic heterocycles. The number of fused-ring (bicyclic) bond motifs is 1. The molecule has 3 rings (SSSR count). The SMILES string of the molecule is CCC(C(=O)NCc1ccc2c(c1)OCO2)N(c1cccc([N+](=O)[O-])c1)S(C)(=O)=O. The topological polar surface area (TPSA) is 128 Å². The van der Waals surface area contributed by atoms with Gasteiger partial charge in [0.25, 0.3) is 5.69 Å². The van der Waals surface area contributed by atoms with Crippen LogP contribution < -0.4 is 19.1 Å². The van der Waals surface area contributed by atoms with Crippen molar-refractivity contribution in [3.63, 3.8) is 0 Å². The van der Waals surface area contributed by atoms with Gasteiger partial charge < -0.3 is 14.8 Å². The number of sulfonamides is 1. The summed E-state index contributed by atoms with van der Waals surface area (Å²) in [5.74, 6) is 0.667. The second kappa shape index (κ2) is 8.57. The summed E-state index contributed by atoms with van der Waals surface area (Å²) in [5.41, 5.74) is 0.539. The number of carbonyl (C=O) groups excluding carboxylic acids is 1. The quantitative estimate of drug-likeness (QED) is 0.497. The Morgan fingerprint density at radius 2 is 1.97 bits per heavy atom. The van der Waals surface area contributed by atoms with Crippen LogP contribution in [0.5, 0.6) is 11.5 Å². The molecule has 1 N–H and O–H groups in total. The maximum Gasteiger partial charge on any atom is 0.271 e. The molecule has 0 aliphatic carbocycles. The summed E-state index contributed by atoms with van der Waals surface area (Å²) in [6, 6.07) is 9.34. The van der Waals surface area contributed by atoms with Crippen LogP contribution in [-0.2, 0) is 21.4 Å². The number of amides is 1. The van der Waals surface area contributed by atoms with Crippen molar-refractivity contribution >= 4 is 27.3 Å². The number of benzene rings is 2. The lowest BCUT2D eigenvalue weighted by Gasteiger charge is -2.30. The summed E-state index contributed by atoms with van der Waals surface area (Å²) in [6.45, 7) is 1.95. The highest BCUT2D eigenvalue weighted by atomic mass is 32.2. The molecule has 10 nitrogen and oxygen atoms in total. The zero-order valence-corrected chi connectivity index (χ0v) is 17.2. The van der Waals surface area contributed by atoms with Gasteiger partial charge in [-0.2, -0.15) is 0 Å². The number of carbonyl (C=O) groups is 1. The van der Waals surface area contributed by atoms with Crippen LogP contribution in [0.1, 0.15) is 18.9 Å². The Hall–Kier alpha value is -3.34. The van der Waals surface area contributed by atoms with Gasteiger partial charge in [0.2, 0.25) is 22.7 Å². The molecule has 1 atom stereocenters. The third kappa shape index (κ3) is 4.62. The minimum Gasteiger partial charge on any atom is -0.454 e. The molecule has 1 aliphatic heterocycles. The Balaban J connectivity index is 1.82.